The molecule has 1 aliphatic rings. The van der Waals surface area contributed by atoms with Gasteiger partial charge in [0.25, 0.3) is 0 Å². The maximum Gasteiger partial charge on any atom is 0.433 e. The van der Waals surface area contributed by atoms with Crippen molar-refractivity contribution in [1.29, 1.82) is 0 Å². The molecule has 2 rings (SSSR count). The normalized spacial score (nSPS) is 18.3. The number of aromatic nitrogens is 1. The van der Waals surface area contributed by atoms with Crippen molar-refractivity contribution in [3.63, 3.8) is 0 Å². The summed E-state index contributed by atoms with van der Waals surface area (Å²) in [5.41, 5.74) is -0.153. The number of nitrogens with zero attached hydrogens (tertiary/aromatic N) is 2. The third-order valence-corrected chi connectivity index (χ3v) is 2.73. The molecule has 1 aromatic heterocycles. The first-order chi connectivity index (χ1) is 8.05. The van der Waals surface area contributed by atoms with Gasteiger partial charge < -0.3 is 5.32 Å². The number of hydrogen-bond donors (Lipinski definition) is 1. The first-order valence-electron chi connectivity index (χ1n) is 5.51. The molecule has 0 unspecified atom stereocenters. The molecule has 1 aromatic rings. The zero-order valence-corrected chi connectivity index (χ0v) is 9.30. The first kappa shape index (κ1) is 12.3. The van der Waals surface area contributed by atoms with Crippen LogP contribution in [0.3, 0.4) is 0 Å². The fraction of sp³-hybridized carbons (Fsp3) is 0.545. The molecule has 0 spiro atoms. The first-order valence-corrected chi connectivity index (χ1v) is 5.51. The van der Waals surface area contributed by atoms with Crippen molar-refractivity contribution in [1.82, 2.24) is 15.2 Å². The van der Waals surface area contributed by atoms with Gasteiger partial charge in [-0.1, -0.05) is 0 Å². The Balaban J connectivity index is 2.05. The summed E-state index contributed by atoms with van der Waals surface area (Å²) in [5, 5.41) is 3.20. The van der Waals surface area contributed by atoms with Gasteiger partial charge in [0, 0.05) is 38.9 Å². The van der Waals surface area contributed by atoms with Gasteiger partial charge in [-0.2, -0.15) is 13.2 Å². The van der Waals surface area contributed by atoms with Crippen LogP contribution in [0, 0.1) is 0 Å². The lowest BCUT2D eigenvalue weighted by Crippen LogP contribution is -2.42. The molecule has 1 aliphatic heterocycles. The number of halogens is 3. The van der Waals surface area contributed by atoms with Gasteiger partial charge in [-0.3, -0.25) is 9.88 Å². The zero-order chi connectivity index (χ0) is 12.3. The minimum Gasteiger partial charge on any atom is -0.314 e. The molecule has 0 atom stereocenters. The lowest BCUT2D eigenvalue weighted by molar-refractivity contribution is -0.141. The molecular weight excluding hydrogens is 231 g/mol. The van der Waals surface area contributed by atoms with E-state index in [9.17, 15) is 13.2 Å². The minimum absolute atomic E-state index is 0.549. The van der Waals surface area contributed by atoms with Crippen molar-refractivity contribution >= 4 is 0 Å². The average molecular weight is 245 g/mol. The van der Waals surface area contributed by atoms with E-state index in [-0.39, 0.29) is 0 Å². The Hall–Kier alpha value is -1.14. The maximum absolute atomic E-state index is 12.5. The molecule has 0 aliphatic carbocycles. The molecular formula is C11H14F3N3. The topological polar surface area (TPSA) is 28.2 Å². The number of alkyl halides is 3. The number of pyridine rings is 1. The van der Waals surface area contributed by atoms with E-state index in [2.05, 4.69) is 15.2 Å². The summed E-state index contributed by atoms with van der Waals surface area (Å²) in [4.78, 5) is 5.48. The number of nitrogens with one attached hydrogen (secondary N) is 1. The SMILES string of the molecule is FC(F)(F)c1cc(CN2CCNCC2)ccn1. The van der Waals surface area contributed by atoms with Gasteiger partial charge in [0.2, 0.25) is 0 Å². The van der Waals surface area contributed by atoms with Crippen molar-refractivity contribution in [3.8, 4) is 0 Å². The summed E-state index contributed by atoms with van der Waals surface area (Å²) in [6.45, 7) is 4.05. The Bertz CT molecular complexity index is 372. The van der Waals surface area contributed by atoms with Crippen LogP contribution in [0.4, 0.5) is 13.2 Å². The van der Waals surface area contributed by atoms with Gasteiger partial charge in [0.1, 0.15) is 5.69 Å². The number of hydrogen-bond acceptors (Lipinski definition) is 3. The second-order valence-electron chi connectivity index (χ2n) is 4.07. The van der Waals surface area contributed by atoms with Gasteiger partial charge in [0.05, 0.1) is 0 Å². The fourth-order valence-corrected chi connectivity index (χ4v) is 1.86. The van der Waals surface area contributed by atoms with Crippen LogP contribution in [0.2, 0.25) is 0 Å². The molecule has 1 saturated heterocycles. The van der Waals surface area contributed by atoms with E-state index in [0.29, 0.717) is 12.1 Å². The number of piperazine rings is 1. The van der Waals surface area contributed by atoms with Gasteiger partial charge in [-0.25, -0.2) is 0 Å². The van der Waals surface area contributed by atoms with E-state index < -0.39 is 11.9 Å². The van der Waals surface area contributed by atoms with Gasteiger partial charge in [0.15, 0.2) is 0 Å². The monoisotopic (exact) mass is 245 g/mol. The van der Waals surface area contributed by atoms with Crippen LogP contribution in [0.5, 0.6) is 0 Å². The van der Waals surface area contributed by atoms with Gasteiger partial charge in [-0.05, 0) is 17.7 Å². The van der Waals surface area contributed by atoms with Crippen LogP contribution in [-0.4, -0.2) is 36.1 Å². The standard InChI is InChI=1S/C11H14F3N3/c12-11(13,14)10-7-9(1-2-16-10)8-17-5-3-15-4-6-17/h1-2,7,15H,3-6,8H2. The molecule has 0 aromatic carbocycles. The highest BCUT2D eigenvalue weighted by atomic mass is 19.4. The van der Waals surface area contributed by atoms with Crippen LogP contribution < -0.4 is 5.32 Å². The average Bonchev–Trinajstić information content (AvgIpc) is 2.29. The van der Waals surface area contributed by atoms with E-state index in [1.807, 2.05) is 0 Å². The van der Waals surface area contributed by atoms with Crippen LogP contribution >= 0.6 is 0 Å². The van der Waals surface area contributed by atoms with Crippen molar-refractivity contribution in [2.45, 2.75) is 12.7 Å². The molecule has 6 heteroatoms. The summed E-state index contributed by atoms with van der Waals surface area (Å²) < 4.78 is 37.4. The highest BCUT2D eigenvalue weighted by molar-refractivity contribution is 5.18. The predicted octanol–water partition coefficient (Wildman–Crippen LogP) is 1.51. The minimum atomic E-state index is -4.36. The Morgan fingerprint density at radius 1 is 1.29 bits per heavy atom. The molecule has 2 heterocycles. The molecule has 0 radical (unpaired) electrons. The molecule has 1 N–H and O–H groups in total. The van der Waals surface area contributed by atoms with Gasteiger partial charge >= 0.3 is 6.18 Å². The van der Waals surface area contributed by atoms with E-state index in [1.54, 1.807) is 6.07 Å². The molecule has 0 amide bonds. The van der Waals surface area contributed by atoms with E-state index in [4.69, 9.17) is 0 Å². The highest BCUT2D eigenvalue weighted by Gasteiger charge is 2.32. The quantitative estimate of drug-likeness (QED) is 0.856. The summed E-state index contributed by atoms with van der Waals surface area (Å²) in [6, 6.07) is 2.76. The second kappa shape index (κ2) is 5.01. The molecule has 94 valence electrons. The Morgan fingerprint density at radius 2 is 2.00 bits per heavy atom. The van der Waals surface area contributed by atoms with Crippen LogP contribution in [-0.2, 0) is 12.7 Å². The molecule has 3 nitrogen and oxygen atoms in total. The van der Waals surface area contributed by atoms with Crippen molar-refractivity contribution < 1.29 is 13.2 Å². The summed E-state index contributed by atoms with van der Waals surface area (Å²) >= 11 is 0. The second-order valence-corrected chi connectivity index (χ2v) is 4.07. The molecule has 1 fully saturated rings. The summed E-state index contributed by atoms with van der Waals surface area (Å²) in [5.74, 6) is 0. The Morgan fingerprint density at radius 3 is 2.65 bits per heavy atom. The summed E-state index contributed by atoms with van der Waals surface area (Å²) in [7, 11) is 0. The molecule has 17 heavy (non-hydrogen) atoms. The largest absolute Gasteiger partial charge is 0.433 e. The smallest absolute Gasteiger partial charge is 0.314 e. The highest BCUT2D eigenvalue weighted by Crippen LogP contribution is 2.27. The fourth-order valence-electron chi connectivity index (χ4n) is 1.86. The predicted molar refractivity (Wildman–Crippen MR) is 57.4 cm³/mol. The van der Waals surface area contributed by atoms with Crippen LogP contribution in [0.15, 0.2) is 18.3 Å². The van der Waals surface area contributed by atoms with Gasteiger partial charge in [-0.15, -0.1) is 0 Å². The van der Waals surface area contributed by atoms with Crippen LogP contribution in [0.1, 0.15) is 11.3 Å². The van der Waals surface area contributed by atoms with Crippen LogP contribution in [0.25, 0.3) is 0 Å². The lowest BCUT2D eigenvalue weighted by atomic mass is 10.2. The summed E-state index contributed by atoms with van der Waals surface area (Å²) in [6.07, 6.45) is -3.14. The Kier molecular flexibility index (Phi) is 3.63. The third kappa shape index (κ3) is 3.41. The zero-order valence-electron chi connectivity index (χ0n) is 9.30. The Labute approximate surface area is 97.6 Å². The molecule has 0 saturated carbocycles. The van der Waals surface area contributed by atoms with Crippen molar-refractivity contribution in [2.75, 3.05) is 26.2 Å². The van der Waals surface area contributed by atoms with E-state index in [0.717, 1.165) is 32.2 Å². The number of rotatable bonds is 2. The lowest BCUT2D eigenvalue weighted by Gasteiger charge is -2.27. The maximum atomic E-state index is 12.5. The van der Waals surface area contributed by atoms with Crippen molar-refractivity contribution in [3.05, 3.63) is 29.6 Å². The van der Waals surface area contributed by atoms with E-state index in [1.165, 1.54) is 6.20 Å². The van der Waals surface area contributed by atoms with E-state index >= 15 is 0 Å². The van der Waals surface area contributed by atoms with Crippen molar-refractivity contribution in [2.24, 2.45) is 0 Å². The third-order valence-electron chi connectivity index (χ3n) is 2.73. The molecule has 0 bridgehead atoms.